The Bertz CT molecular complexity index is 517. The predicted molar refractivity (Wildman–Crippen MR) is 53.3 cm³/mol. The van der Waals surface area contributed by atoms with E-state index in [1.165, 1.54) is 29.3 Å². The van der Waals surface area contributed by atoms with Crippen LogP contribution in [0.15, 0.2) is 36.7 Å². The van der Waals surface area contributed by atoms with Gasteiger partial charge in [-0.05, 0) is 24.3 Å². The Morgan fingerprint density at radius 3 is 2.12 bits per heavy atom. The molecule has 0 saturated carbocycles. The van der Waals surface area contributed by atoms with E-state index >= 15 is 0 Å². The molecular weight excluding hydrogens is 210 g/mol. The third-order valence-electron chi connectivity index (χ3n) is 1.97. The molecule has 0 aliphatic rings. The second kappa shape index (κ2) is 3.93. The molecule has 6 heteroatoms. The summed E-state index contributed by atoms with van der Waals surface area (Å²) in [4.78, 5) is 22.9. The maximum atomic E-state index is 11.1. The average molecular weight is 217 g/mol. The largest absolute Gasteiger partial charge is 0.475 e. The van der Waals surface area contributed by atoms with Crippen molar-refractivity contribution in [3.05, 3.63) is 42.2 Å². The Morgan fingerprint density at radius 1 is 1.06 bits per heavy atom. The zero-order chi connectivity index (χ0) is 11.5. The average Bonchev–Trinajstić information content (AvgIpc) is 2.81. The van der Waals surface area contributed by atoms with E-state index in [1.807, 2.05) is 0 Å². The topological polar surface area (TPSA) is 85.1 Å². The van der Waals surface area contributed by atoms with Gasteiger partial charge in [-0.1, -0.05) is 0 Å². The molecule has 1 heterocycles. The maximum absolute atomic E-state index is 11.1. The van der Waals surface area contributed by atoms with Crippen LogP contribution in [-0.2, 0) is 4.79 Å². The fourth-order valence-electron chi connectivity index (χ4n) is 1.22. The fraction of sp³-hybridized carbons (Fsp3) is 0. The third-order valence-corrected chi connectivity index (χ3v) is 1.97. The molecule has 0 bridgehead atoms. The number of hydrogen-bond donors (Lipinski definition) is 1. The van der Waals surface area contributed by atoms with Crippen molar-refractivity contribution in [2.24, 2.45) is 0 Å². The highest BCUT2D eigenvalue weighted by atomic mass is 16.4. The SMILES string of the molecule is O=C(O)C(=O)c1ccc(-n2nccn2)cc1. The number of aromatic nitrogens is 3. The molecule has 80 valence electrons. The molecule has 0 aliphatic heterocycles. The summed E-state index contributed by atoms with van der Waals surface area (Å²) < 4.78 is 0. The van der Waals surface area contributed by atoms with Gasteiger partial charge in [0.25, 0.3) is 5.78 Å². The fourth-order valence-corrected chi connectivity index (χ4v) is 1.22. The first-order valence-electron chi connectivity index (χ1n) is 4.43. The number of nitrogens with zero attached hydrogens (tertiary/aromatic N) is 3. The van der Waals surface area contributed by atoms with E-state index in [0.717, 1.165) is 0 Å². The number of carbonyl (C=O) groups is 2. The molecule has 1 aromatic carbocycles. The number of Topliss-reactive ketones (excluding diaryl/α,β-unsaturated/α-hetero) is 1. The van der Waals surface area contributed by atoms with Gasteiger partial charge in [-0.15, -0.1) is 0 Å². The maximum Gasteiger partial charge on any atom is 0.377 e. The number of benzene rings is 1. The summed E-state index contributed by atoms with van der Waals surface area (Å²) in [7, 11) is 0. The number of aliphatic carboxylic acids is 1. The van der Waals surface area contributed by atoms with Crippen LogP contribution < -0.4 is 0 Å². The second-order valence-electron chi connectivity index (χ2n) is 3.00. The van der Waals surface area contributed by atoms with E-state index in [-0.39, 0.29) is 5.56 Å². The smallest absolute Gasteiger partial charge is 0.377 e. The van der Waals surface area contributed by atoms with Crippen molar-refractivity contribution in [3.8, 4) is 5.69 Å². The summed E-state index contributed by atoms with van der Waals surface area (Å²) in [5.74, 6) is -2.40. The summed E-state index contributed by atoms with van der Waals surface area (Å²) in [6.07, 6.45) is 3.05. The molecule has 0 fully saturated rings. The van der Waals surface area contributed by atoms with Crippen molar-refractivity contribution >= 4 is 11.8 Å². The zero-order valence-electron chi connectivity index (χ0n) is 8.07. The number of ketones is 1. The molecule has 1 N–H and O–H groups in total. The first-order valence-corrected chi connectivity index (χ1v) is 4.43. The van der Waals surface area contributed by atoms with Crippen molar-refractivity contribution in [1.29, 1.82) is 0 Å². The van der Waals surface area contributed by atoms with E-state index in [1.54, 1.807) is 12.1 Å². The number of carboxylic acid groups (broad SMARTS) is 1. The minimum Gasteiger partial charge on any atom is -0.475 e. The lowest BCUT2D eigenvalue weighted by atomic mass is 10.1. The molecule has 1 aromatic heterocycles. The van der Waals surface area contributed by atoms with Gasteiger partial charge in [-0.25, -0.2) is 4.79 Å². The van der Waals surface area contributed by atoms with Gasteiger partial charge in [-0.3, -0.25) is 4.79 Å². The summed E-state index contributed by atoms with van der Waals surface area (Å²) in [6.45, 7) is 0. The highest BCUT2D eigenvalue weighted by Crippen LogP contribution is 2.07. The van der Waals surface area contributed by atoms with Gasteiger partial charge >= 0.3 is 5.97 Å². The summed E-state index contributed by atoms with van der Waals surface area (Å²) in [5, 5.41) is 16.3. The Hall–Kier alpha value is -2.50. The van der Waals surface area contributed by atoms with Crippen molar-refractivity contribution in [2.75, 3.05) is 0 Å². The molecule has 0 aliphatic carbocycles. The summed E-state index contributed by atoms with van der Waals surface area (Å²) in [6, 6.07) is 6.01. The van der Waals surface area contributed by atoms with Gasteiger partial charge in [0.15, 0.2) is 0 Å². The number of rotatable bonds is 3. The molecule has 2 aromatic rings. The van der Waals surface area contributed by atoms with Crippen LogP contribution in [-0.4, -0.2) is 31.9 Å². The van der Waals surface area contributed by atoms with Crippen LogP contribution in [0.4, 0.5) is 0 Å². The predicted octanol–water partition coefficient (Wildman–Crippen LogP) is 0.535. The van der Waals surface area contributed by atoms with Crippen molar-refractivity contribution in [1.82, 2.24) is 15.0 Å². The number of carbonyl (C=O) groups excluding carboxylic acids is 1. The first-order chi connectivity index (χ1) is 7.68. The molecular formula is C10H7N3O3. The van der Waals surface area contributed by atoms with Crippen LogP contribution in [0.3, 0.4) is 0 Å². The molecule has 0 amide bonds. The van der Waals surface area contributed by atoms with Crippen LogP contribution in [0.5, 0.6) is 0 Å². The minimum absolute atomic E-state index is 0.128. The lowest BCUT2D eigenvalue weighted by Gasteiger charge is -2.00. The van der Waals surface area contributed by atoms with Gasteiger partial charge in [-0.2, -0.15) is 15.0 Å². The van der Waals surface area contributed by atoms with E-state index in [9.17, 15) is 9.59 Å². The van der Waals surface area contributed by atoms with Gasteiger partial charge in [0.05, 0.1) is 18.1 Å². The Balaban J connectivity index is 2.30. The van der Waals surface area contributed by atoms with Crippen LogP contribution >= 0.6 is 0 Å². The van der Waals surface area contributed by atoms with Crippen LogP contribution in [0.25, 0.3) is 5.69 Å². The molecule has 0 atom stereocenters. The molecule has 0 saturated heterocycles. The van der Waals surface area contributed by atoms with E-state index < -0.39 is 11.8 Å². The van der Waals surface area contributed by atoms with Crippen LogP contribution in [0.2, 0.25) is 0 Å². The minimum atomic E-state index is -1.47. The molecule has 6 nitrogen and oxygen atoms in total. The Kier molecular flexibility index (Phi) is 2.47. The molecule has 2 rings (SSSR count). The monoisotopic (exact) mass is 217 g/mol. The van der Waals surface area contributed by atoms with Crippen LogP contribution in [0.1, 0.15) is 10.4 Å². The highest BCUT2D eigenvalue weighted by molar-refractivity contribution is 6.39. The van der Waals surface area contributed by atoms with Gasteiger partial charge < -0.3 is 5.11 Å². The van der Waals surface area contributed by atoms with Gasteiger partial charge in [0, 0.05) is 5.56 Å². The molecule has 16 heavy (non-hydrogen) atoms. The Morgan fingerprint density at radius 2 is 1.62 bits per heavy atom. The first kappa shape index (κ1) is 10.0. The van der Waals surface area contributed by atoms with E-state index in [4.69, 9.17) is 5.11 Å². The van der Waals surface area contributed by atoms with Crippen molar-refractivity contribution < 1.29 is 14.7 Å². The normalized spacial score (nSPS) is 10.0. The second-order valence-corrected chi connectivity index (χ2v) is 3.00. The Labute approximate surface area is 90.1 Å². The summed E-state index contributed by atoms with van der Waals surface area (Å²) in [5.41, 5.74) is 0.787. The lowest BCUT2D eigenvalue weighted by Crippen LogP contribution is -2.12. The van der Waals surface area contributed by atoms with E-state index in [2.05, 4.69) is 10.2 Å². The van der Waals surface area contributed by atoms with Crippen molar-refractivity contribution in [3.63, 3.8) is 0 Å². The van der Waals surface area contributed by atoms with Gasteiger partial charge in [0.1, 0.15) is 0 Å². The third kappa shape index (κ3) is 1.81. The van der Waals surface area contributed by atoms with Crippen LogP contribution in [0, 0.1) is 0 Å². The standard InChI is InChI=1S/C10H7N3O3/c14-9(10(15)16)7-1-3-8(4-2-7)13-11-5-6-12-13/h1-6H,(H,15,16). The zero-order valence-corrected chi connectivity index (χ0v) is 8.07. The van der Waals surface area contributed by atoms with E-state index in [0.29, 0.717) is 5.69 Å². The summed E-state index contributed by atoms with van der Waals surface area (Å²) >= 11 is 0. The van der Waals surface area contributed by atoms with Crippen molar-refractivity contribution in [2.45, 2.75) is 0 Å². The van der Waals surface area contributed by atoms with Gasteiger partial charge in [0.2, 0.25) is 0 Å². The molecule has 0 unspecified atom stereocenters. The quantitative estimate of drug-likeness (QED) is 0.598. The lowest BCUT2D eigenvalue weighted by molar-refractivity contribution is -0.131. The number of hydrogen-bond acceptors (Lipinski definition) is 4. The molecule has 0 spiro atoms. The molecule has 0 radical (unpaired) electrons. The highest BCUT2D eigenvalue weighted by Gasteiger charge is 2.13. The number of carboxylic acids is 1.